The van der Waals surface area contributed by atoms with E-state index in [0.717, 1.165) is 19.4 Å². The largest absolute Gasteiger partial charge is 0.386 e. The number of aliphatic imine (C=N–C) groups is 1. The van der Waals surface area contributed by atoms with Crippen LogP contribution in [0.2, 0.25) is 0 Å². The molecule has 1 saturated heterocycles. The zero-order chi connectivity index (χ0) is 12.0. The van der Waals surface area contributed by atoms with E-state index in [1.54, 1.807) is 0 Å². The second-order valence-corrected chi connectivity index (χ2v) is 4.27. The Hall–Kier alpha value is -0.870. The molecule has 1 aliphatic rings. The highest BCUT2D eigenvalue weighted by molar-refractivity contribution is 5.86. The van der Waals surface area contributed by atoms with Gasteiger partial charge in [-0.3, -0.25) is 0 Å². The van der Waals surface area contributed by atoms with E-state index >= 15 is 0 Å². The molecular formula is C12H23N3O. The third-order valence-corrected chi connectivity index (χ3v) is 2.68. The lowest BCUT2D eigenvalue weighted by Crippen LogP contribution is -2.37. The summed E-state index contributed by atoms with van der Waals surface area (Å²) in [6, 6.07) is 0.237. The average Bonchev–Trinajstić information content (AvgIpc) is 2.69. The van der Waals surface area contributed by atoms with E-state index in [1.807, 2.05) is 19.9 Å². The van der Waals surface area contributed by atoms with Crippen molar-refractivity contribution < 1.29 is 4.74 Å². The minimum Gasteiger partial charge on any atom is -0.386 e. The molecule has 1 aliphatic heterocycles. The fourth-order valence-corrected chi connectivity index (χ4v) is 1.89. The van der Waals surface area contributed by atoms with Crippen LogP contribution in [0.25, 0.3) is 0 Å². The van der Waals surface area contributed by atoms with Crippen molar-refractivity contribution in [2.75, 3.05) is 6.54 Å². The Morgan fingerprint density at radius 3 is 3.00 bits per heavy atom. The molecule has 0 amide bonds. The smallest absolute Gasteiger partial charge is 0.147 e. The molecule has 3 atom stereocenters. The highest BCUT2D eigenvalue weighted by atomic mass is 16.5. The van der Waals surface area contributed by atoms with Crippen LogP contribution in [0.4, 0.5) is 0 Å². The first kappa shape index (κ1) is 13.2. The Kier molecular flexibility index (Phi) is 5.49. The quantitative estimate of drug-likeness (QED) is 0.408. The molecule has 0 radical (unpaired) electrons. The predicted octanol–water partition coefficient (Wildman–Crippen LogP) is 1.42. The molecule has 1 fully saturated rings. The number of amidine groups is 1. The third kappa shape index (κ3) is 4.33. The van der Waals surface area contributed by atoms with Crippen molar-refractivity contribution in [2.24, 2.45) is 10.7 Å². The molecule has 0 bridgehead atoms. The maximum atomic E-state index is 5.92. The van der Waals surface area contributed by atoms with E-state index in [1.165, 1.54) is 6.42 Å². The highest BCUT2D eigenvalue weighted by Crippen LogP contribution is 2.08. The van der Waals surface area contributed by atoms with E-state index in [0.29, 0.717) is 5.84 Å². The van der Waals surface area contributed by atoms with E-state index in [2.05, 4.69) is 16.9 Å². The van der Waals surface area contributed by atoms with Crippen molar-refractivity contribution in [1.29, 1.82) is 0 Å². The predicted molar refractivity (Wildman–Crippen MR) is 67.5 cm³/mol. The Balaban J connectivity index is 2.38. The summed E-state index contributed by atoms with van der Waals surface area (Å²) < 4.78 is 5.65. The molecule has 1 heterocycles. The van der Waals surface area contributed by atoms with Crippen LogP contribution < -0.4 is 11.1 Å². The van der Waals surface area contributed by atoms with Gasteiger partial charge < -0.3 is 15.8 Å². The topological polar surface area (TPSA) is 59.6 Å². The number of ether oxygens (including phenoxy) is 1. The van der Waals surface area contributed by atoms with Gasteiger partial charge >= 0.3 is 0 Å². The zero-order valence-electron chi connectivity index (χ0n) is 10.3. The van der Waals surface area contributed by atoms with Crippen molar-refractivity contribution in [2.45, 2.75) is 51.5 Å². The summed E-state index contributed by atoms with van der Waals surface area (Å²) in [5.41, 5.74) is 5.92. The van der Waals surface area contributed by atoms with Crippen LogP contribution in [-0.4, -0.2) is 30.8 Å². The third-order valence-electron chi connectivity index (χ3n) is 2.68. The van der Waals surface area contributed by atoms with Gasteiger partial charge in [0, 0.05) is 0 Å². The van der Waals surface area contributed by atoms with Gasteiger partial charge in [0.1, 0.15) is 12.1 Å². The van der Waals surface area contributed by atoms with Gasteiger partial charge in [0.05, 0.1) is 12.1 Å². The molecule has 2 unspecified atom stereocenters. The zero-order valence-corrected chi connectivity index (χ0v) is 10.3. The molecule has 0 aromatic rings. The maximum absolute atomic E-state index is 5.92. The minimum atomic E-state index is -0.183. The summed E-state index contributed by atoms with van der Waals surface area (Å²) in [4.78, 5) is 4.36. The van der Waals surface area contributed by atoms with Crippen LogP contribution in [0.3, 0.4) is 0 Å². The molecule has 0 aliphatic carbocycles. The molecular weight excluding hydrogens is 202 g/mol. The van der Waals surface area contributed by atoms with Gasteiger partial charge in [0.2, 0.25) is 0 Å². The highest BCUT2D eigenvalue weighted by Gasteiger charge is 2.18. The summed E-state index contributed by atoms with van der Waals surface area (Å²) in [6.45, 7) is 8.64. The van der Waals surface area contributed by atoms with Gasteiger partial charge in [-0.05, 0) is 39.7 Å². The second kappa shape index (κ2) is 6.66. The molecule has 0 saturated carbocycles. The Labute approximate surface area is 98.0 Å². The number of nitrogens with one attached hydrogen (secondary N) is 1. The monoisotopic (exact) mass is 225 g/mol. The summed E-state index contributed by atoms with van der Waals surface area (Å²) in [5, 5.41) is 3.31. The minimum absolute atomic E-state index is 0.139. The lowest BCUT2D eigenvalue weighted by molar-refractivity contribution is 0.0154. The summed E-state index contributed by atoms with van der Waals surface area (Å²) in [7, 11) is 0. The molecule has 92 valence electrons. The molecule has 0 spiro atoms. The van der Waals surface area contributed by atoms with Crippen molar-refractivity contribution in [3.05, 3.63) is 12.7 Å². The van der Waals surface area contributed by atoms with Crippen LogP contribution in [0.5, 0.6) is 0 Å². The molecule has 16 heavy (non-hydrogen) atoms. The standard InChI is InChI=1S/C12H23N3O/c1-4-6-9(2)16-10(3)15-12(13)11-7-5-8-14-11/h4,9-11,14H,1,5-8H2,2-3H3,(H2,13,15)/t9?,10?,11-/m0/s1. The lowest BCUT2D eigenvalue weighted by Gasteiger charge is -2.17. The van der Waals surface area contributed by atoms with Crippen molar-refractivity contribution in [1.82, 2.24) is 5.32 Å². The molecule has 0 aromatic heterocycles. The Morgan fingerprint density at radius 1 is 1.69 bits per heavy atom. The normalized spacial score (nSPS) is 25.4. The number of hydrogen-bond acceptors (Lipinski definition) is 3. The van der Waals surface area contributed by atoms with E-state index < -0.39 is 0 Å². The number of nitrogens with two attached hydrogens (primary N) is 1. The molecule has 1 rings (SSSR count). The van der Waals surface area contributed by atoms with Crippen molar-refractivity contribution in [3.63, 3.8) is 0 Å². The van der Waals surface area contributed by atoms with Gasteiger partial charge in [-0.1, -0.05) is 6.08 Å². The fourth-order valence-electron chi connectivity index (χ4n) is 1.89. The van der Waals surface area contributed by atoms with Crippen LogP contribution >= 0.6 is 0 Å². The number of rotatable bonds is 6. The molecule has 4 heteroatoms. The van der Waals surface area contributed by atoms with Gasteiger partial charge in [-0.2, -0.15) is 0 Å². The first-order valence-corrected chi connectivity index (χ1v) is 5.96. The average molecular weight is 225 g/mol. The van der Waals surface area contributed by atoms with Crippen LogP contribution in [0.15, 0.2) is 17.6 Å². The molecule has 0 aromatic carbocycles. The fraction of sp³-hybridized carbons (Fsp3) is 0.750. The van der Waals surface area contributed by atoms with E-state index in [-0.39, 0.29) is 18.4 Å². The lowest BCUT2D eigenvalue weighted by atomic mass is 10.2. The molecule has 3 N–H and O–H groups in total. The molecule has 4 nitrogen and oxygen atoms in total. The SMILES string of the molecule is C=CCC(C)OC(C)N=C(N)[C@@H]1CCCN1. The first-order valence-electron chi connectivity index (χ1n) is 5.96. The van der Waals surface area contributed by atoms with Gasteiger partial charge in [-0.25, -0.2) is 4.99 Å². The number of hydrogen-bond donors (Lipinski definition) is 2. The Morgan fingerprint density at radius 2 is 2.44 bits per heavy atom. The van der Waals surface area contributed by atoms with Crippen LogP contribution in [0.1, 0.15) is 33.1 Å². The van der Waals surface area contributed by atoms with Crippen LogP contribution in [-0.2, 0) is 4.74 Å². The number of nitrogens with zero attached hydrogens (tertiary/aromatic N) is 1. The summed E-state index contributed by atoms with van der Waals surface area (Å²) in [5.74, 6) is 0.663. The van der Waals surface area contributed by atoms with Crippen LogP contribution in [0, 0.1) is 0 Å². The van der Waals surface area contributed by atoms with Crippen molar-refractivity contribution >= 4 is 5.84 Å². The van der Waals surface area contributed by atoms with Gasteiger partial charge in [-0.15, -0.1) is 6.58 Å². The van der Waals surface area contributed by atoms with E-state index in [9.17, 15) is 0 Å². The van der Waals surface area contributed by atoms with Crippen molar-refractivity contribution in [3.8, 4) is 0 Å². The summed E-state index contributed by atoms with van der Waals surface area (Å²) >= 11 is 0. The maximum Gasteiger partial charge on any atom is 0.147 e. The Bertz CT molecular complexity index is 247. The van der Waals surface area contributed by atoms with Gasteiger partial charge in [0.15, 0.2) is 0 Å². The second-order valence-electron chi connectivity index (χ2n) is 4.27. The summed E-state index contributed by atoms with van der Waals surface area (Å²) in [6.07, 6.45) is 4.88. The van der Waals surface area contributed by atoms with E-state index in [4.69, 9.17) is 10.5 Å². The van der Waals surface area contributed by atoms with Gasteiger partial charge in [0.25, 0.3) is 0 Å². The first-order chi connectivity index (χ1) is 7.63.